The van der Waals surface area contributed by atoms with Crippen molar-refractivity contribution in [2.75, 3.05) is 0 Å². The first-order chi connectivity index (χ1) is 2.81. The molecule has 2 heteroatoms. The normalized spacial score (nSPS) is 14.5. The van der Waals surface area contributed by atoms with Gasteiger partial charge in [-0.15, -0.1) is 0 Å². The lowest BCUT2D eigenvalue weighted by Gasteiger charge is -1.94. The maximum Gasteiger partial charge on any atom is 0.0474 e. The van der Waals surface area contributed by atoms with E-state index in [1.54, 1.807) is 0 Å². The molecule has 0 saturated heterocycles. The van der Waals surface area contributed by atoms with Crippen molar-refractivity contribution >= 4 is 12.1 Å². The molecule has 0 spiro atoms. The third-order valence-electron chi connectivity index (χ3n) is 0.727. The Bertz CT molecular complexity index is 26.7. The highest BCUT2D eigenvalue weighted by molar-refractivity contribution is 7.94. The molecule has 1 atom stereocenters. The molecule has 0 fully saturated rings. The van der Waals surface area contributed by atoms with Crippen molar-refractivity contribution < 1.29 is 3.89 Å². The van der Waals surface area contributed by atoms with Crippen LogP contribution < -0.4 is 0 Å². The molecule has 0 amide bonds. The Morgan fingerprint density at radius 1 is 1.83 bits per heavy atom. The quantitative estimate of drug-likeness (QED) is 0.523. The van der Waals surface area contributed by atoms with Crippen LogP contribution in [-0.4, -0.2) is 5.25 Å². The summed E-state index contributed by atoms with van der Waals surface area (Å²) < 4.78 is 11.3. The molecule has 38 valence electrons. The lowest BCUT2D eigenvalue weighted by atomic mass is 10.4. The topological polar surface area (TPSA) is 0 Å². The summed E-state index contributed by atoms with van der Waals surface area (Å²) in [5, 5.41) is 0.185. The highest BCUT2D eigenvalue weighted by atomic mass is 32.2. The lowest BCUT2D eigenvalue weighted by Crippen LogP contribution is -1.86. The van der Waals surface area contributed by atoms with Gasteiger partial charge in [0.1, 0.15) is 0 Å². The molecule has 0 heterocycles. The molecule has 0 aromatic carbocycles. The zero-order chi connectivity index (χ0) is 4.99. The minimum Gasteiger partial charge on any atom is -0.165 e. The van der Waals surface area contributed by atoms with E-state index in [1.165, 1.54) is 0 Å². The first kappa shape index (κ1) is 6.28. The molecular weight excluding hydrogens is 99.1 g/mol. The average Bonchev–Trinajstić information content (AvgIpc) is 1.65. The summed E-state index contributed by atoms with van der Waals surface area (Å²) in [7, 11) is 0. The Kier molecular flexibility index (Phi) is 3.63. The first-order valence-corrected chi connectivity index (χ1v) is 2.86. The van der Waals surface area contributed by atoms with Gasteiger partial charge in [0.15, 0.2) is 0 Å². The summed E-state index contributed by atoms with van der Waals surface area (Å²) in [6, 6.07) is 0. The summed E-state index contributed by atoms with van der Waals surface area (Å²) >= 11 is 0.425. The number of rotatable bonds is 2. The molecule has 0 aliphatic heterocycles. The fraction of sp³-hybridized carbons (Fsp3) is 1.00. The van der Waals surface area contributed by atoms with E-state index in [9.17, 15) is 3.89 Å². The van der Waals surface area contributed by atoms with Crippen LogP contribution in [0.2, 0.25) is 0 Å². The van der Waals surface area contributed by atoms with Crippen LogP contribution >= 0.6 is 12.1 Å². The van der Waals surface area contributed by atoms with Crippen molar-refractivity contribution in [3.8, 4) is 0 Å². The third kappa shape index (κ3) is 2.51. The van der Waals surface area contributed by atoms with Gasteiger partial charge in [0.05, 0.1) is 0 Å². The van der Waals surface area contributed by atoms with Gasteiger partial charge in [0.25, 0.3) is 0 Å². The number of hydrogen-bond acceptors (Lipinski definition) is 1. The molecular formula is C4H9FS. The zero-order valence-corrected chi connectivity index (χ0v) is 4.89. The molecule has 0 aromatic heterocycles. The highest BCUT2D eigenvalue weighted by Crippen LogP contribution is 2.12. The zero-order valence-electron chi connectivity index (χ0n) is 4.07. The maximum absolute atomic E-state index is 11.3. The van der Waals surface area contributed by atoms with Crippen LogP contribution in [0.1, 0.15) is 20.3 Å². The van der Waals surface area contributed by atoms with E-state index < -0.39 is 0 Å². The number of halogens is 1. The second kappa shape index (κ2) is 3.47. The summed E-state index contributed by atoms with van der Waals surface area (Å²) in [6.07, 6.45) is 0.918. The van der Waals surface area contributed by atoms with E-state index in [0.29, 0.717) is 12.1 Å². The SMILES string of the molecule is CCC(C)SF. The molecule has 0 saturated carbocycles. The summed E-state index contributed by atoms with van der Waals surface area (Å²) in [5.41, 5.74) is 0. The third-order valence-corrected chi connectivity index (χ3v) is 1.36. The molecule has 0 aromatic rings. The summed E-state index contributed by atoms with van der Waals surface area (Å²) in [4.78, 5) is 0. The number of hydrogen-bond donors (Lipinski definition) is 0. The Hall–Kier alpha value is 0.280. The van der Waals surface area contributed by atoms with Crippen LogP contribution in [0.15, 0.2) is 0 Å². The maximum atomic E-state index is 11.3. The van der Waals surface area contributed by atoms with Crippen LogP contribution in [0, 0.1) is 0 Å². The Morgan fingerprint density at radius 3 is 2.33 bits per heavy atom. The molecule has 0 rings (SSSR count). The van der Waals surface area contributed by atoms with Gasteiger partial charge < -0.3 is 0 Å². The van der Waals surface area contributed by atoms with E-state index in [-0.39, 0.29) is 5.25 Å². The second-order valence-electron chi connectivity index (χ2n) is 1.31. The van der Waals surface area contributed by atoms with Crippen LogP contribution in [0.4, 0.5) is 3.89 Å². The molecule has 0 nitrogen and oxygen atoms in total. The van der Waals surface area contributed by atoms with Gasteiger partial charge in [-0.25, -0.2) is 0 Å². The summed E-state index contributed by atoms with van der Waals surface area (Å²) in [5.74, 6) is 0. The highest BCUT2D eigenvalue weighted by Gasteiger charge is 1.93. The second-order valence-corrected chi connectivity index (χ2v) is 2.29. The van der Waals surface area contributed by atoms with Crippen molar-refractivity contribution in [3.63, 3.8) is 0 Å². The van der Waals surface area contributed by atoms with E-state index in [4.69, 9.17) is 0 Å². The minimum absolute atomic E-state index is 0.185. The minimum atomic E-state index is 0.185. The van der Waals surface area contributed by atoms with E-state index in [2.05, 4.69) is 0 Å². The Morgan fingerprint density at radius 2 is 2.33 bits per heavy atom. The van der Waals surface area contributed by atoms with Gasteiger partial charge in [-0.1, -0.05) is 13.8 Å². The van der Waals surface area contributed by atoms with Gasteiger partial charge in [-0.2, -0.15) is 3.89 Å². The monoisotopic (exact) mass is 108 g/mol. The largest absolute Gasteiger partial charge is 0.165 e. The van der Waals surface area contributed by atoms with Crippen molar-refractivity contribution in [2.45, 2.75) is 25.5 Å². The van der Waals surface area contributed by atoms with Gasteiger partial charge in [-0.05, 0) is 6.42 Å². The Balaban J connectivity index is 2.75. The lowest BCUT2D eigenvalue weighted by molar-refractivity contribution is 0.844. The molecule has 0 aliphatic carbocycles. The van der Waals surface area contributed by atoms with Gasteiger partial charge >= 0.3 is 0 Å². The fourth-order valence-electron chi connectivity index (χ4n) is 0.0630. The van der Waals surface area contributed by atoms with E-state index in [0.717, 1.165) is 6.42 Å². The molecule has 6 heavy (non-hydrogen) atoms. The van der Waals surface area contributed by atoms with Crippen LogP contribution in [-0.2, 0) is 0 Å². The van der Waals surface area contributed by atoms with E-state index in [1.807, 2.05) is 13.8 Å². The predicted molar refractivity (Wildman–Crippen MR) is 28.5 cm³/mol. The Labute approximate surface area is 42.4 Å². The van der Waals surface area contributed by atoms with Crippen molar-refractivity contribution in [1.82, 2.24) is 0 Å². The van der Waals surface area contributed by atoms with Crippen molar-refractivity contribution in [3.05, 3.63) is 0 Å². The fourth-order valence-corrected chi connectivity index (χ4v) is 0.189. The molecule has 0 bridgehead atoms. The standard InChI is InChI=1S/C4H9FS/c1-3-4(2)6-5/h4H,3H2,1-2H3. The molecule has 1 unspecified atom stereocenters. The van der Waals surface area contributed by atoms with Crippen LogP contribution in [0.3, 0.4) is 0 Å². The van der Waals surface area contributed by atoms with Crippen LogP contribution in [0.5, 0.6) is 0 Å². The van der Waals surface area contributed by atoms with E-state index >= 15 is 0 Å². The molecule has 0 radical (unpaired) electrons. The van der Waals surface area contributed by atoms with Crippen molar-refractivity contribution in [1.29, 1.82) is 0 Å². The summed E-state index contributed by atoms with van der Waals surface area (Å²) in [6.45, 7) is 3.84. The molecule has 0 aliphatic rings. The van der Waals surface area contributed by atoms with Gasteiger partial charge in [0.2, 0.25) is 0 Å². The van der Waals surface area contributed by atoms with Gasteiger partial charge in [0, 0.05) is 17.4 Å². The first-order valence-electron chi connectivity index (χ1n) is 2.08. The van der Waals surface area contributed by atoms with Gasteiger partial charge in [-0.3, -0.25) is 0 Å². The molecule has 0 N–H and O–H groups in total. The predicted octanol–water partition coefficient (Wildman–Crippen LogP) is 2.40. The van der Waals surface area contributed by atoms with Crippen molar-refractivity contribution in [2.24, 2.45) is 0 Å². The average molecular weight is 108 g/mol. The smallest absolute Gasteiger partial charge is 0.0474 e. The van der Waals surface area contributed by atoms with Crippen LogP contribution in [0.25, 0.3) is 0 Å².